The van der Waals surface area contributed by atoms with E-state index in [0.717, 1.165) is 65.0 Å². The van der Waals surface area contributed by atoms with E-state index in [4.69, 9.17) is 9.72 Å². The summed E-state index contributed by atoms with van der Waals surface area (Å²) < 4.78 is 26.0. The average Bonchev–Trinajstić information content (AvgIpc) is 3.81. The number of hydrogen-bond acceptors (Lipinski definition) is 6. The number of nitriles is 1. The Hall–Kier alpha value is -4.19. The van der Waals surface area contributed by atoms with E-state index < -0.39 is 5.82 Å². The van der Waals surface area contributed by atoms with Crippen molar-refractivity contribution in [3.05, 3.63) is 66.1 Å². The Bertz CT molecular complexity index is 1930. The molecule has 1 aliphatic carbocycles. The van der Waals surface area contributed by atoms with Gasteiger partial charge in [0.25, 0.3) is 0 Å². The fraction of sp³-hybridized carbons (Fsp3) is 0.371. The molecule has 0 amide bonds. The van der Waals surface area contributed by atoms with Gasteiger partial charge in [-0.1, -0.05) is 24.3 Å². The second kappa shape index (κ2) is 10.2. The number of fused-ring (bicyclic) bond motifs is 5. The molecule has 218 valence electrons. The monoisotopic (exact) mass is 575 g/mol. The molecule has 4 unspecified atom stereocenters. The molecule has 4 fully saturated rings. The predicted molar refractivity (Wildman–Crippen MR) is 166 cm³/mol. The molecule has 8 heteroatoms. The molecular formula is C35H34FN5O2. The highest BCUT2D eigenvalue weighted by atomic mass is 19.1. The number of pyridine rings is 1. The molecule has 1 saturated carbocycles. The van der Waals surface area contributed by atoms with Gasteiger partial charge in [-0.2, -0.15) is 5.26 Å². The van der Waals surface area contributed by atoms with Crippen LogP contribution >= 0.6 is 0 Å². The van der Waals surface area contributed by atoms with Crippen molar-refractivity contribution in [3.63, 3.8) is 0 Å². The lowest BCUT2D eigenvalue weighted by atomic mass is 9.80. The molecule has 43 heavy (non-hydrogen) atoms. The van der Waals surface area contributed by atoms with Crippen LogP contribution in [0.3, 0.4) is 0 Å². The summed E-state index contributed by atoms with van der Waals surface area (Å²) in [6.45, 7) is 2.53. The van der Waals surface area contributed by atoms with Gasteiger partial charge in [-0.05, 0) is 91.4 Å². The number of hydrogen-bond donors (Lipinski definition) is 2. The Kier molecular flexibility index (Phi) is 6.28. The summed E-state index contributed by atoms with van der Waals surface area (Å²) in [5.74, 6) is 0.612. The summed E-state index contributed by atoms with van der Waals surface area (Å²) in [6.07, 6.45) is 6.10. The zero-order chi connectivity index (χ0) is 29.2. The first kappa shape index (κ1) is 26.4. The predicted octanol–water partition coefficient (Wildman–Crippen LogP) is 6.32. The van der Waals surface area contributed by atoms with Crippen LogP contribution in [0.2, 0.25) is 0 Å². The van der Waals surface area contributed by atoms with Gasteiger partial charge in [0.05, 0.1) is 23.0 Å². The van der Waals surface area contributed by atoms with E-state index in [-0.39, 0.29) is 17.7 Å². The van der Waals surface area contributed by atoms with Gasteiger partial charge in [0.1, 0.15) is 17.9 Å². The van der Waals surface area contributed by atoms with Crippen LogP contribution in [-0.4, -0.2) is 58.4 Å². The number of halogens is 1. The largest absolute Gasteiger partial charge is 0.508 e. The van der Waals surface area contributed by atoms with Crippen molar-refractivity contribution in [1.82, 2.24) is 19.8 Å². The van der Waals surface area contributed by atoms with Crippen molar-refractivity contribution in [3.8, 4) is 28.8 Å². The van der Waals surface area contributed by atoms with Crippen molar-refractivity contribution in [1.29, 1.82) is 5.26 Å². The van der Waals surface area contributed by atoms with Crippen LogP contribution in [0.5, 0.6) is 11.6 Å². The number of aromatic hydroxyl groups is 1. The van der Waals surface area contributed by atoms with Crippen molar-refractivity contribution in [2.24, 2.45) is 5.92 Å². The number of phenols is 1. The first-order valence-electron chi connectivity index (χ1n) is 15.3. The minimum atomic E-state index is -0.451. The topological polar surface area (TPSA) is 86.3 Å². The molecule has 5 aromatic rings. The Labute approximate surface area is 249 Å². The minimum absolute atomic E-state index is 0.0642. The Balaban J connectivity index is 1.39. The number of aromatic nitrogens is 2. The lowest BCUT2D eigenvalue weighted by Crippen LogP contribution is -2.38. The minimum Gasteiger partial charge on any atom is -0.508 e. The van der Waals surface area contributed by atoms with E-state index in [1.165, 1.54) is 0 Å². The maximum absolute atomic E-state index is 17.2. The molecule has 2 bridgehead atoms. The highest BCUT2D eigenvalue weighted by Gasteiger charge is 2.48. The smallest absolute Gasteiger partial charge is 0.223 e. The third-order valence-corrected chi connectivity index (χ3v) is 10.1. The number of benzene rings is 3. The van der Waals surface area contributed by atoms with Crippen LogP contribution in [0.4, 0.5) is 4.39 Å². The summed E-state index contributed by atoms with van der Waals surface area (Å²) >= 11 is 0. The maximum atomic E-state index is 17.2. The number of ether oxygens (including phenoxy) is 1. The van der Waals surface area contributed by atoms with Crippen molar-refractivity contribution in [2.75, 3.05) is 26.7 Å². The summed E-state index contributed by atoms with van der Waals surface area (Å²) in [6, 6.07) is 18.3. The molecule has 2 aromatic heterocycles. The first-order valence-corrected chi connectivity index (χ1v) is 15.3. The van der Waals surface area contributed by atoms with Crippen LogP contribution in [0.15, 0.2) is 54.7 Å². The van der Waals surface area contributed by atoms with Crippen LogP contribution in [0.25, 0.3) is 43.7 Å². The Morgan fingerprint density at radius 2 is 2.05 bits per heavy atom. The number of rotatable bonds is 7. The molecule has 3 aromatic carbocycles. The fourth-order valence-electron chi connectivity index (χ4n) is 7.82. The standard InChI is InChI=1S/C35H34FN5O2/c1-40-12-5-8-23(40)19-43-35-26-10-13-41(33-22-16-29(33)38-18-22)34(26)28-15-21(7-4-11-37)30(31(36)32(28)39-35)27-17-24(42)14-20-6-2-3-9-25(20)27/h2-3,6,9-10,13-15,17,22-23,29,33,38,42H,4-5,7-8,12,16,18-19H2,1H3. The van der Waals surface area contributed by atoms with Crippen LogP contribution < -0.4 is 10.1 Å². The van der Waals surface area contributed by atoms with E-state index >= 15 is 4.39 Å². The second-order valence-corrected chi connectivity index (χ2v) is 12.5. The number of nitrogens with one attached hydrogen (secondary N) is 1. The Morgan fingerprint density at radius 3 is 2.81 bits per heavy atom. The zero-order valence-corrected chi connectivity index (χ0v) is 24.2. The molecule has 3 saturated heterocycles. The van der Waals surface area contributed by atoms with Crippen LogP contribution in [-0.2, 0) is 6.42 Å². The number of nitrogens with zero attached hydrogens (tertiary/aromatic N) is 4. The lowest BCUT2D eigenvalue weighted by Gasteiger charge is -2.36. The summed E-state index contributed by atoms with van der Waals surface area (Å²) in [4.78, 5) is 7.21. The van der Waals surface area contributed by atoms with Crippen molar-refractivity contribution in [2.45, 2.75) is 50.2 Å². The normalized spacial score (nSPS) is 23.3. The van der Waals surface area contributed by atoms with E-state index in [9.17, 15) is 10.4 Å². The molecular weight excluding hydrogens is 541 g/mol. The number of aryl methyl sites for hydroxylation is 1. The maximum Gasteiger partial charge on any atom is 0.223 e. The summed E-state index contributed by atoms with van der Waals surface area (Å²) in [5.41, 5.74) is 2.90. The highest BCUT2D eigenvalue weighted by molar-refractivity contribution is 6.09. The van der Waals surface area contributed by atoms with Crippen molar-refractivity contribution < 1.29 is 14.2 Å². The molecule has 3 aliphatic heterocycles. The van der Waals surface area contributed by atoms with Gasteiger partial charge in [0, 0.05) is 42.2 Å². The lowest BCUT2D eigenvalue weighted by molar-refractivity contribution is 0.195. The van der Waals surface area contributed by atoms with Gasteiger partial charge in [0.15, 0.2) is 5.82 Å². The average molecular weight is 576 g/mol. The van der Waals surface area contributed by atoms with E-state index in [1.807, 2.05) is 30.3 Å². The van der Waals surface area contributed by atoms with E-state index in [2.05, 4.69) is 40.2 Å². The second-order valence-electron chi connectivity index (χ2n) is 12.5. The quantitative estimate of drug-likeness (QED) is 0.236. The SMILES string of the molecule is CN1CCCC1COc1nc2c(F)c(-c3cc(O)cc4ccccc34)c(CCC#N)cc2c2c1ccn2C1C2CNC1C2. The molecule has 5 heterocycles. The summed E-state index contributed by atoms with van der Waals surface area (Å²) in [5, 5.41) is 27.1. The molecule has 0 radical (unpaired) electrons. The number of likely N-dealkylation sites (N-methyl/N-ethyl adjacent to an activating group) is 1. The van der Waals surface area contributed by atoms with Gasteiger partial charge in [-0.3, -0.25) is 0 Å². The third-order valence-electron chi connectivity index (χ3n) is 10.1. The van der Waals surface area contributed by atoms with E-state index in [0.29, 0.717) is 54.1 Å². The Morgan fingerprint density at radius 1 is 1.16 bits per heavy atom. The van der Waals surface area contributed by atoms with Gasteiger partial charge < -0.3 is 24.6 Å². The van der Waals surface area contributed by atoms with Gasteiger partial charge in [0.2, 0.25) is 5.88 Å². The van der Waals surface area contributed by atoms with Crippen molar-refractivity contribution >= 4 is 32.6 Å². The third kappa shape index (κ3) is 4.17. The van der Waals surface area contributed by atoms with Crippen LogP contribution in [0.1, 0.15) is 37.3 Å². The molecule has 0 spiro atoms. The zero-order valence-electron chi connectivity index (χ0n) is 24.2. The fourth-order valence-corrected chi connectivity index (χ4v) is 7.82. The summed E-state index contributed by atoms with van der Waals surface area (Å²) in [7, 11) is 2.12. The van der Waals surface area contributed by atoms with Gasteiger partial charge in [-0.25, -0.2) is 9.37 Å². The first-order chi connectivity index (χ1) is 21.0. The molecule has 4 atom stereocenters. The van der Waals surface area contributed by atoms with Gasteiger partial charge >= 0.3 is 0 Å². The molecule has 7 nitrogen and oxygen atoms in total. The number of phenolic OH excluding ortho intramolecular Hbond substituents is 1. The molecule has 9 rings (SSSR count). The van der Waals surface area contributed by atoms with E-state index in [1.54, 1.807) is 12.1 Å². The van der Waals surface area contributed by atoms with Crippen LogP contribution in [0, 0.1) is 23.1 Å². The highest BCUT2D eigenvalue weighted by Crippen LogP contribution is 2.48. The molecule has 2 N–H and O–H groups in total. The van der Waals surface area contributed by atoms with Gasteiger partial charge in [-0.15, -0.1) is 0 Å². The molecule has 4 aliphatic rings. The number of likely N-dealkylation sites (tertiary alicyclic amines) is 1.